The van der Waals surface area contributed by atoms with Crippen LogP contribution in [0.3, 0.4) is 0 Å². The summed E-state index contributed by atoms with van der Waals surface area (Å²) in [6, 6.07) is -2.40. The van der Waals surface area contributed by atoms with E-state index < -0.39 is 24.2 Å². The summed E-state index contributed by atoms with van der Waals surface area (Å²) in [7, 11) is 0. The molecule has 0 atom stereocenters. The molecule has 0 aliphatic rings. The zero-order valence-corrected chi connectivity index (χ0v) is 7.08. The van der Waals surface area contributed by atoms with E-state index in [4.69, 9.17) is 12.3 Å². The highest BCUT2D eigenvalue weighted by Crippen LogP contribution is 2.24. The predicted molar refractivity (Wildman–Crippen MR) is 61.5 cm³/mol. The Kier molecular flexibility index (Phi) is 0.576. The summed E-state index contributed by atoms with van der Waals surface area (Å²) in [5.41, 5.74) is 0. The average molecular weight is 187 g/mol. The van der Waals surface area contributed by atoms with Crippen molar-refractivity contribution in [1.29, 1.82) is 0 Å². The lowest BCUT2D eigenvalue weighted by Crippen LogP contribution is -1.75. The fourth-order valence-corrected chi connectivity index (χ4v) is 1.37. The summed E-state index contributed by atoms with van der Waals surface area (Å²) < 4.78 is 71.2. The molecule has 0 amide bonds. The maximum atomic E-state index is 8.07. The van der Waals surface area contributed by atoms with Crippen LogP contribution in [-0.2, 0) is 0 Å². The van der Waals surface area contributed by atoms with Gasteiger partial charge in [-0.2, -0.15) is 0 Å². The Morgan fingerprint density at radius 3 is 2.21 bits per heavy atom. The van der Waals surface area contributed by atoms with Crippen molar-refractivity contribution < 1.29 is 12.3 Å². The van der Waals surface area contributed by atoms with Crippen molar-refractivity contribution in [1.82, 2.24) is 0 Å². The van der Waals surface area contributed by atoms with Gasteiger partial charge in [0.1, 0.15) is 0 Å². The molecule has 0 aliphatic carbocycles. The third-order valence-corrected chi connectivity index (χ3v) is 2.01. The van der Waals surface area contributed by atoms with Crippen molar-refractivity contribution in [3.63, 3.8) is 0 Å². The summed E-state index contributed by atoms with van der Waals surface area (Å²) in [4.78, 5) is 0. The van der Waals surface area contributed by atoms with Crippen LogP contribution < -0.4 is 0 Å². The maximum absolute atomic E-state index is 8.07. The van der Waals surface area contributed by atoms with Crippen LogP contribution in [0.4, 0.5) is 0 Å². The molecule has 0 aliphatic heterocycles. The zero-order chi connectivity index (χ0) is 17.2. The Hall–Kier alpha value is -1.82. The van der Waals surface area contributed by atoms with Crippen LogP contribution in [0, 0.1) is 0 Å². The Morgan fingerprint density at radius 2 is 1.29 bits per heavy atom. The topological polar surface area (TPSA) is 0 Å². The third-order valence-electron chi connectivity index (χ3n) is 2.01. The van der Waals surface area contributed by atoms with Crippen molar-refractivity contribution in [3.05, 3.63) is 60.4 Å². The van der Waals surface area contributed by atoms with Crippen LogP contribution in [0.5, 0.6) is 0 Å². The molecule has 0 N–H and O–H groups in total. The van der Waals surface area contributed by atoms with E-state index in [-0.39, 0.29) is 51.8 Å². The first-order chi connectivity index (χ1) is 10.7. The minimum atomic E-state index is -0.510. The van der Waals surface area contributed by atoms with Gasteiger partial charge in [0, 0.05) is 0 Å². The number of rotatable bonds is 0. The number of fused-ring (bicyclic) bond motifs is 3. The first kappa shape index (κ1) is 2.83. The number of hydrogen-bond acceptors (Lipinski definition) is 0. The van der Waals surface area contributed by atoms with Gasteiger partial charge in [-0.1, -0.05) is 60.4 Å². The van der Waals surface area contributed by atoms with Crippen LogP contribution in [-0.4, -0.2) is 0 Å². The van der Waals surface area contributed by atoms with Crippen LogP contribution in [0.15, 0.2) is 60.4 Å². The van der Waals surface area contributed by atoms with Gasteiger partial charge in [-0.15, -0.1) is 0 Å². The maximum Gasteiger partial charge on any atom is 0.0629 e. The minimum Gasteiger partial charge on any atom is -0.0616 e. The van der Waals surface area contributed by atoms with Gasteiger partial charge in [0.05, 0.1) is 12.3 Å². The second-order valence-electron chi connectivity index (χ2n) is 2.83. The van der Waals surface area contributed by atoms with Crippen LogP contribution in [0.25, 0.3) is 21.5 Å². The van der Waals surface area contributed by atoms with Gasteiger partial charge in [0.2, 0.25) is 0 Å². The van der Waals surface area contributed by atoms with Gasteiger partial charge in [-0.05, 0) is 21.5 Å². The molecule has 0 saturated carbocycles. The highest BCUT2D eigenvalue weighted by Gasteiger charge is 1.97. The van der Waals surface area contributed by atoms with E-state index in [9.17, 15) is 0 Å². The molecular weight excluding hydrogens is 168 g/mol. The van der Waals surface area contributed by atoms with E-state index in [1.165, 1.54) is 6.07 Å². The van der Waals surface area contributed by atoms with Crippen LogP contribution in [0.1, 0.15) is 12.3 Å². The Labute approximate surface area is 95.4 Å². The predicted octanol–water partition coefficient (Wildman–Crippen LogP) is 3.99. The zero-order valence-electron chi connectivity index (χ0n) is 16.1. The fraction of sp³-hybridized carbons (Fsp3) is 0. The van der Waals surface area contributed by atoms with Crippen LogP contribution in [0.2, 0.25) is 0 Å². The van der Waals surface area contributed by atoms with Crippen molar-refractivity contribution in [2.24, 2.45) is 0 Å². The van der Waals surface area contributed by atoms with E-state index in [0.29, 0.717) is 0 Å². The van der Waals surface area contributed by atoms with E-state index in [2.05, 4.69) is 0 Å². The Balaban J connectivity index is 2.82. The van der Waals surface area contributed by atoms with Gasteiger partial charge >= 0.3 is 0 Å². The lowest BCUT2D eigenvalue weighted by Gasteiger charge is -2.02. The van der Waals surface area contributed by atoms with E-state index >= 15 is 0 Å². The monoisotopic (exact) mass is 187 g/mol. The molecule has 0 bridgehead atoms. The highest BCUT2D eigenvalue weighted by molar-refractivity contribution is 6.07. The SMILES string of the molecule is [2H]c1cc2c([2H])c([2H])c3c([2H])c([2H])c([2H])c([2H])c3c2c([2H])c1[2H]. The third kappa shape index (κ3) is 1.01. The molecule has 3 aromatic rings. The summed E-state index contributed by atoms with van der Waals surface area (Å²) in [5, 5.41) is -0.114. The van der Waals surface area contributed by atoms with Crippen molar-refractivity contribution in [3.8, 4) is 0 Å². The fourth-order valence-electron chi connectivity index (χ4n) is 1.37. The first-order valence-electron chi connectivity index (χ1n) is 8.58. The van der Waals surface area contributed by atoms with E-state index in [1.807, 2.05) is 0 Å². The number of hydrogen-bond donors (Lipinski definition) is 0. The van der Waals surface area contributed by atoms with Crippen molar-refractivity contribution >= 4 is 21.5 Å². The molecule has 0 unspecified atom stereocenters. The van der Waals surface area contributed by atoms with Crippen molar-refractivity contribution in [2.45, 2.75) is 0 Å². The largest absolute Gasteiger partial charge is 0.0629 e. The second kappa shape index (κ2) is 2.85. The molecular formula is C14H10. The summed E-state index contributed by atoms with van der Waals surface area (Å²) >= 11 is 0. The lowest BCUT2D eigenvalue weighted by molar-refractivity contribution is 1.76. The Bertz CT molecular complexity index is 1010. The van der Waals surface area contributed by atoms with Gasteiger partial charge < -0.3 is 0 Å². The van der Waals surface area contributed by atoms with E-state index in [0.717, 1.165) is 0 Å². The molecule has 0 aromatic heterocycles. The standard InChI is InChI=1S/C14H10/c1-3-7-13-11(5-1)9-10-12-6-2-4-8-14(12)13/h1-10H/i1D,2D,3D,4D,5D,7D,8D,9D,10D. The summed E-state index contributed by atoms with van der Waals surface area (Å²) in [5.74, 6) is 0. The Morgan fingerprint density at radius 1 is 0.643 bits per heavy atom. The quantitative estimate of drug-likeness (QED) is 0.467. The smallest absolute Gasteiger partial charge is 0.0616 e. The molecule has 0 spiro atoms. The molecule has 0 saturated heterocycles. The summed E-state index contributed by atoms with van der Waals surface area (Å²) in [6.45, 7) is 0. The van der Waals surface area contributed by atoms with Gasteiger partial charge in [-0.25, -0.2) is 0 Å². The molecule has 3 rings (SSSR count). The molecule has 66 valence electrons. The van der Waals surface area contributed by atoms with Gasteiger partial charge in [-0.3, -0.25) is 0 Å². The van der Waals surface area contributed by atoms with Gasteiger partial charge in [0.25, 0.3) is 0 Å². The lowest BCUT2D eigenvalue weighted by atomic mass is 10.0. The molecule has 0 heteroatoms. The molecule has 0 nitrogen and oxygen atoms in total. The molecule has 0 heterocycles. The summed E-state index contributed by atoms with van der Waals surface area (Å²) in [6.07, 6.45) is 0. The molecule has 0 radical (unpaired) electrons. The minimum absolute atomic E-state index is 0.00833. The molecule has 3 aromatic carbocycles. The highest BCUT2D eigenvalue weighted by atomic mass is 14.0. The van der Waals surface area contributed by atoms with Crippen molar-refractivity contribution in [2.75, 3.05) is 0 Å². The average Bonchev–Trinajstić information content (AvgIpc) is 2.52. The van der Waals surface area contributed by atoms with Crippen LogP contribution >= 0.6 is 0 Å². The first-order valence-corrected chi connectivity index (χ1v) is 4.08. The normalized spacial score (nSPS) is 19.9. The van der Waals surface area contributed by atoms with E-state index in [1.54, 1.807) is 0 Å². The number of benzene rings is 3. The molecule has 14 heavy (non-hydrogen) atoms. The second-order valence-corrected chi connectivity index (χ2v) is 2.83. The molecule has 0 fully saturated rings. The van der Waals surface area contributed by atoms with Gasteiger partial charge in [0.15, 0.2) is 0 Å².